The summed E-state index contributed by atoms with van der Waals surface area (Å²) in [5, 5.41) is 3.94. The van der Waals surface area contributed by atoms with Crippen LogP contribution in [0.4, 0.5) is 0 Å². The molecule has 24 heavy (non-hydrogen) atoms. The number of hydrogen-bond acceptors (Lipinski definition) is 2. The number of aryl methyl sites for hydroxylation is 2. The Bertz CT molecular complexity index is 708. The van der Waals surface area contributed by atoms with Gasteiger partial charge in [0.1, 0.15) is 5.69 Å². The van der Waals surface area contributed by atoms with Crippen molar-refractivity contribution in [2.75, 3.05) is 13.1 Å². The zero-order chi connectivity index (χ0) is 17.1. The average Bonchev–Trinajstić information content (AvgIpc) is 2.89. The van der Waals surface area contributed by atoms with Crippen LogP contribution in [0.2, 0.25) is 5.02 Å². The van der Waals surface area contributed by atoms with E-state index in [0.29, 0.717) is 5.69 Å². The molecule has 1 saturated heterocycles. The van der Waals surface area contributed by atoms with Crippen molar-refractivity contribution in [1.29, 1.82) is 0 Å². The summed E-state index contributed by atoms with van der Waals surface area (Å²) < 4.78 is 0. The van der Waals surface area contributed by atoms with Gasteiger partial charge in [-0.25, -0.2) is 0 Å². The Balaban J connectivity index is 1.58. The fourth-order valence-corrected chi connectivity index (χ4v) is 3.51. The number of aromatic nitrogens is 1. The average molecular weight is 346 g/mol. The summed E-state index contributed by atoms with van der Waals surface area (Å²) in [6.45, 7) is 6.78. The monoisotopic (exact) mass is 345 g/mol. The SMILES string of the molecule is Cc1cc(C)c(C(=O)N[C@H]2CCCN(Cc3ccc(Cl)cc3)C2)[nH]1. The normalized spacial score (nSPS) is 18.5. The Kier molecular flexibility index (Phi) is 5.27. The van der Waals surface area contributed by atoms with Crippen LogP contribution in [0.1, 0.15) is 40.2 Å². The maximum absolute atomic E-state index is 12.5. The second-order valence-electron chi connectivity index (χ2n) is 6.68. The predicted molar refractivity (Wildman–Crippen MR) is 97.5 cm³/mol. The lowest BCUT2D eigenvalue weighted by Crippen LogP contribution is -2.47. The highest BCUT2D eigenvalue weighted by Gasteiger charge is 2.23. The molecule has 0 saturated carbocycles. The Hall–Kier alpha value is -1.78. The lowest BCUT2D eigenvalue weighted by Gasteiger charge is -2.33. The molecule has 1 amide bonds. The quantitative estimate of drug-likeness (QED) is 0.888. The highest BCUT2D eigenvalue weighted by molar-refractivity contribution is 6.30. The van der Waals surface area contributed by atoms with Crippen molar-refractivity contribution in [3.63, 3.8) is 0 Å². The van der Waals surface area contributed by atoms with E-state index in [9.17, 15) is 4.79 Å². The van der Waals surface area contributed by atoms with Gasteiger partial charge in [-0.05, 0) is 62.6 Å². The van der Waals surface area contributed by atoms with E-state index in [0.717, 1.165) is 48.8 Å². The number of H-pyrrole nitrogens is 1. The molecule has 1 aliphatic rings. The van der Waals surface area contributed by atoms with Gasteiger partial charge < -0.3 is 10.3 Å². The van der Waals surface area contributed by atoms with E-state index in [1.807, 2.05) is 32.0 Å². The molecule has 3 rings (SSSR count). The molecule has 0 aliphatic carbocycles. The molecule has 0 spiro atoms. The zero-order valence-electron chi connectivity index (χ0n) is 14.2. The van der Waals surface area contributed by atoms with Crippen LogP contribution < -0.4 is 5.32 Å². The minimum Gasteiger partial charge on any atom is -0.354 e. The molecule has 1 aromatic heterocycles. The summed E-state index contributed by atoms with van der Waals surface area (Å²) in [5.41, 5.74) is 3.95. The summed E-state index contributed by atoms with van der Waals surface area (Å²) in [7, 11) is 0. The molecule has 4 nitrogen and oxygen atoms in total. The standard InChI is InChI=1S/C19H24ClN3O/c1-13-10-14(2)21-18(13)19(24)22-17-4-3-9-23(12-17)11-15-5-7-16(20)8-6-15/h5-8,10,17,21H,3-4,9,11-12H2,1-2H3,(H,22,24)/t17-/m0/s1. The molecule has 2 N–H and O–H groups in total. The molecule has 1 aromatic carbocycles. The minimum atomic E-state index is -0.000979. The van der Waals surface area contributed by atoms with E-state index in [-0.39, 0.29) is 11.9 Å². The molecule has 2 aromatic rings. The van der Waals surface area contributed by atoms with Crippen LogP contribution in [-0.4, -0.2) is 34.9 Å². The second kappa shape index (κ2) is 7.41. The van der Waals surface area contributed by atoms with Crippen molar-refractivity contribution < 1.29 is 4.79 Å². The third-order valence-electron chi connectivity index (χ3n) is 4.54. The number of piperidine rings is 1. The van der Waals surface area contributed by atoms with Gasteiger partial charge in [-0.2, -0.15) is 0 Å². The maximum atomic E-state index is 12.5. The fourth-order valence-electron chi connectivity index (χ4n) is 3.39. The number of amides is 1. The number of carbonyl (C=O) groups excluding carboxylic acids is 1. The van der Waals surface area contributed by atoms with Crippen molar-refractivity contribution in [3.05, 3.63) is 57.9 Å². The van der Waals surface area contributed by atoms with E-state index in [1.165, 1.54) is 5.56 Å². The first-order valence-electron chi connectivity index (χ1n) is 8.45. The lowest BCUT2D eigenvalue weighted by molar-refractivity contribution is 0.0895. The third kappa shape index (κ3) is 4.19. The molecule has 1 fully saturated rings. The highest BCUT2D eigenvalue weighted by atomic mass is 35.5. The predicted octanol–water partition coefficient (Wildman–Crippen LogP) is 3.68. The van der Waals surface area contributed by atoms with Gasteiger partial charge in [0.05, 0.1) is 0 Å². The molecule has 5 heteroatoms. The van der Waals surface area contributed by atoms with E-state index < -0.39 is 0 Å². The van der Waals surface area contributed by atoms with E-state index in [1.54, 1.807) is 0 Å². The Labute approximate surface area is 148 Å². The first-order valence-corrected chi connectivity index (χ1v) is 8.83. The van der Waals surface area contributed by atoms with Gasteiger partial charge in [-0.1, -0.05) is 23.7 Å². The van der Waals surface area contributed by atoms with Crippen LogP contribution in [0, 0.1) is 13.8 Å². The Morgan fingerprint density at radius 2 is 2.08 bits per heavy atom. The fraction of sp³-hybridized carbons (Fsp3) is 0.421. The zero-order valence-corrected chi connectivity index (χ0v) is 15.0. The number of carbonyl (C=O) groups is 1. The number of rotatable bonds is 4. The Morgan fingerprint density at radius 3 is 2.75 bits per heavy atom. The van der Waals surface area contributed by atoms with Crippen molar-refractivity contribution in [2.45, 2.75) is 39.3 Å². The summed E-state index contributed by atoms with van der Waals surface area (Å²) in [6, 6.07) is 10.2. The van der Waals surface area contributed by atoms with E-state index >= 15 is 0 Å². The molecule has 1 atom stereocenters. The number of nitrogens with one attached hydrogen (secondary N) is 2. The molecular formula is C19H24ClN3O. The van der Waals surface area contributed by atoms with Gasteiger partial charge >= 0.3 is 0 Å². The molecule has 0 unspecified atom stereocenters. The molecule has 0 bridgehead atoms. The van der Waals surface area contributed by atoms with Crippen molar-refractivity contribution in [1.82, 2.24) is 15.2 Å². The molecule has 128 valence electrons. The maximum Gasteiger partial charge on any atom is 0.268 e. The van der Waals surface area contributed by atoms with E-state index in [4.69, 9.17) is 11.6 Å². The minimum absolute atomic E-state index is 0.000979. The van der Waals surface area contributed by atoms with Gasteiger partial charge in [0.15, 0.2) is 0 Å². The third-order valence-corrected chi connectivity index (χ3v) is 4.79. The van der Waals surface area contributed by atoms with Gasteiger partial charge in [0.25, 0.3) is 5.91 Å². The number of likely N-dealkylation sites (tertiary alicyclic amines) is 1. The number of nitrogens with zero attached hydrogens (tertiary/aromatic N) is 1. The van der Waals surface area contributed by atoms with Crippen molar-refractivity contribution in [2.24, 2.45) is 0 Å². The summed E-state index contributed by atoms with van der Waals surface area (Å²) in [5.74, 6) is -0.000979. The topological polar surface area (TPSA) is 48.1 Å². The summed E-state index contributed by atoms with van der Waals surface area (Å²) in [4.78, 5) is 18.0. The van der Waals surface area contributed by atoms with Gasteiger partial charge in [-0.3, -0.25) is 9.69 Å². The number of halogens is 1. The van der Waals surface area contributed by atoms with Crippen molar-refractivity contribution in [3.8, 4) is 0 Å². The molecular weight excluding hydrogens is 322 g/mol. The smallest absolute Gasteiger partial charge is 0.268 e. The van der Waals surface area contributed by atoms with Crippen molar-refractivity contribution >= 4 is 17.5 Å². The molecule has 0 radical (unpaired) electrons. The second-order valence-corrected chi connectivity index (χ2v) is 7.12. The number of hydrogen-bond donors (Lipinski definition) is 2. The van der Waals surface area contributed by atoms with Crippen LogP contribution in [0.5, 0.6) is 0 Å². The van der Waals surface area contributed by atoms with Crippen LogP contribution in [0.3, 0.4) is 0 Å². The van der Waals surface area contributed by atoms with Gasteiger partial charge in [-0.15, -0.1) is 0 Å². The first-order chi connectivity index (χ1) is 11.5. The molecule has 1 aliphatic heterocycles. The van der Waals surface area contributed by atoms with Crippen LogP contribution in [0.25, 0.3) is 0 Å². The largest absolute Gasteiger partial charge is 0.354 e. The Morgan fingerprint density at radius 1 is 1.33 bits per heavy atom. The summed E-state index contributed by atoms with van der Waals surface area (Å²) in [6.07, 6.45) is 2.13. The van der Waals surface area contributed by atoms with Crippen LogP contribution >= 0.6 is 11.6 Å². The van der Waals surface area contributed by atoms with Gasteiger partial charge in [0, 0.05) is 29.8 Å². The van der Waals surface area contributed by atoms with Gasteiger partial charge in [0.2, 0.25) is 0 Å². The number of aromatic amines is 1. The molecule has 2 heterocycles. The van der Waals surface area contributed by atoms with E-state index in [2.05, 4.69) is 27.3 Å². The first kappa shape index (κ1) is 17.1. The highest BCUT2D eigenvalue weighted by Crippen LogP contribution is 2.17. The summed E-state index contributed by atoms with van der Waals surface area (Å²) >= 11 is 5.94. The van der Waals surface area contributed by atoms with Crippen LogP contribution in [0.15, 0.2) is 30.3 Å². The lowest BCUT2D eigenvalue weighted by atomic mass is 10.0. The van der Waals surface area contributed by atoms with Crippen LogP contribution in [-0.2, 0) is 6.54 Å². The number of benzene rings is 1.